The van der Waals surface area contributed by atoms with Gasteiger partial charge in [-0.15, -0.1) is 0 Å². The molecule has 0 saturated carbocycles. The molecule has 8 heteroatoms. The number of nitro groups is 1. The molecule has 1 aliphatic rings. The molecule has 1 amide bonds. The summed E-state index contributed by atoms with van der Waals surface area (Å²) in [5.41, 5.74) is 3.24. The van der Waals surface area contributed by atoms with Crippen LogP contribution in [0.25, 0.3) is 0 Å². The van der Waals surface area contributed by atoms with Crippen molar-refractivity contribution in [3.05, 3.63) is 106 Å². The van der Waals surface area contributed by atoms with Crippen molar-refractivity contribution in [2.45, 2.75) is 24.8 Å². The van der Waals surface area contributed by atoms with Crippen LogP contribution in [-0.4, -0.2) is 59.3 Å². The molecular formula is C28H32N4O4. The number of piperazine rings is 1. The van der Waals surface area contributed by atoms with Gasteiger partial charge in [0, 0.05) is 56.1 Å². The van der Waals surface area contributed by atoms with Crippen LogP contribution in [0.15, 0.2) is 84.9 Å². The number of amides is 1. The van der Waals surface area contributed by atoms with Gasteiger partial charge in [0.25, 0.3) is 5.69 Å². The number of nitrogens with zero attached hydrogens (tertiary/aromatic N) is 3. The fourth-order valence-corrected chi connectivity index (χ4v) is 5.20. The molecule has 4 rings (SSSR count). The third-order valence-electron chi connectivity index (χ3n) is 6.99. The molecule has 1 saturated heterocycles. The topological polar surface area (TPSA) is 99.0 Å². The summed E-state index contributed by atoms with van der Waals surface area (Å²) in [7, 11) is 0. The highest BCUT2D eigenvalue weighted by Crippen LogP contribution is 2.32. The third kappa shape index (κ3) is 6.40. The number of nitrogens with one attached hydrogen (secondary N) is 1. The van der Waals surface area contributed by atoms with Gasteiger partial charge in [-0.25, -0.2) is 4.79 Å². The highest BCUT2D eigenvalue weighted by molar-refractivity contribution is 5.64. The van der Waals surface area contributed by atoms with E-state index in [2.05, 4.69) is 39.4 Å². The molecule has 0 aromatic heterocycles. The first-order valence-corrected chi connectivity index (χ1v) is 12.2. The van der Waals surface area contributed by atoms with Gasteiger partial charge in [0.1, 0.15) is 0 Å². The molecule has 36 heavy (non-hydrogen) atoms. The lowest BCUT2D eigenvalue weighted by Gasteiger charge is -2.49. The van der Waals surface area contributed by atoms with Gasteiger partial charge in [0.15, 0.2) is 0 Å². The number of hydrogen-bond acceptors (Lipinski definition) is 5. The number of benzene rings is 3. The monoisotopic (exact) mass is 488 g/mol. The molecule has 188 valence electrons. The Labute approximate surface area is 211 Å². The fourth-order valence-electron chi connectivity index (χ4n) is 5.20. The minimum absolute atomic E-state index is 0.0908. The highest BCUT2D eigenvalue weighted by Gasteiger charge is 2.38. The van der Waals surface area contributed by atoms with E-state index >= 15 is 0 Å². The number of nitro benzene ring substituents is 1. The third-order valence-corrected chi connectivity index (χ3v) is 6.99. The second-order valence-corrected chi connectivity index (χ2v) is 9.28. The maximum atomic E-state index is 11.3. The Hall–Kier alpha value is -3.91. The molecule has 0 unspecified atom stereocenters. The molecule has 0 spiro atoms. The Morgan fingerprint density at radius 3 is 1.86 bits per heavy atom. The summed E-state index contributed by atoms with van der Waals surface area (Å²) < 4.78 is 0. The predicted octanol–water partition coefficient (Wildman–Crippen LogP) is 4.60. The lowest BCUT2D eigenvalue weighted by Crippen LogP contribution is -2.60. The summed E-state index contributed by atoms with van der Waals surface area (Å²) in [6, 6.07) is 27.5. The normalized spacial score (nSPS) is 14.4. The minimum atomic E-state index is -1.01. The van der Waals surface area contributed by atoms with Gasteiger partial charge in [0.05, 0.1) is 4.92 Å². The van der Waals surface area contributed by atoms with Crippen molar-refractivity contribution in [2.24, 2.45) is 0 Å². The molecule has 0 atom stereocenters. The van der Waals surface area contributed by atoms with Crippen molar-refractivity contribution >= 4 is 17.5 Å². The van der Waals surface area contributed by atoms with Crippen LogP contribution in [-0.2, 0) is 12.8 Å². The van der Waals surface area contributed by atoms with Gasteiger partial charge < -0.3 is 15.3 Å². The van der Waals surface area contributed by atoms with E-state index in [-0.39, 0.29) is 16.1 Å². The number of rotatable bonds is 10. The fraction of sp³-hybridized carbons (Fsp3) is 0.321. The smallest absolute Gasteiger partial charge is 0.404 e. The molecule has 0 radical (unpaired) electrons. The van der Waals surface area contributed by atoms with Gasteiger partial charge in [-0.1, -0.05) is 60.7 Å². The Morgan fingerprint density at radius 2 is 1.39 bits per heavy atom. The minimum Gasteiger partial charge on any atom is -0.465 e. The summed E-state index contributed by atoms with van der Waals surface area (Å²) >= 11 is 0. The molecule has 3 aromatic rings. The Bertz CT molecular complexity index is 1090. The van der Waals surface area contributed by atoms with Crippen LogP contribution in [0.4, 0.5) is 16.2 Å². The lowest BCUT2D eigenvalue weighted by atomic mass is 9.79. The standard InChI is InChI=1S/C28H32N4O4/c33-27(34)29-16-15-28(21-23-7-3-1-4-8-23,22-24-9-5-2-6-10-24)31-19-17-30(18-20-31)25-11-13-26(14-12-25)32(35)36/h1-14,29H,15-22H2,(H,33,34). The zero-order chi connectivity index (χ0) is 25.4. The number of anilines is 1. The van der Waals surface area contributed by atoms with Gasteiger partial charge in [0.2, 0.25) is 0 Å². The summed E-state index contributed by atoms with van der Waals surface area (Å²) in [6.07, 6.45) is 1.29. The summed E-state index contributed by atoms with van der Waals surface area (Å²) in [6.45, 7) is 3.57. The van der Waals surface area contributed by atoms with Crippen LogP contribution < -0.4 is 10.2 Å². The second kappa shape index (κ2) is 11.7. The molecule has 0 bridgehead atoms. The van der Waals surface area contributed by atoms with Crippen molar-refractivity contribution in [2.75, 3.05) is 37.6 Å². The Balaban J connectivity index is 1.58. The van der Waals surface area contributed by atoms with E-state index in [1.807, 2.05) is 48.5 Å². The number of non-ortho nitro benzene ring substituents is 1. The SMILES string of the molecule is O=C(O)NCCC(Cc1ccccc1)(Cc1ccccc1)N1CCN(c2ccc([N+](=O)[O-])cc2)CC1. The Morgan fingerprint density at radius 1 is 0.861 bits per heavy atom. The van der Waals surface area contributed by atoms with Crippen molar-refractivity contribution in [3.8, 4) is 0 Å². The molecule has 2 N–H and O–H groups in total. The van der Waals surface area contributed by atoms with Crippen LogP contribution in [0.1, 0.15) is 17.5 Å². The van der Waals surface area contributed by atoms with Gasteiger partial charge in [-0.3, -0.25) is 15.0 Å². The van der Waals surface area contributed by atoms with E-state index in [1.165, 1.54) is 11.1 Å². The van der Waals surface area contributed by atoms with E-state index in [9.17, 15) is 20.0 Å². The predicted molar refractivity (Wildman–Crippen MR) is 141 cm³/mol. The lowest BCUT2D eigenvalue weighted by molar-refractivity contribution is -0.384. The summed E-state index contributed by atoms with van der Waals surface area (Å²) in [5.74, 6) is 0. The first-order chi connectivity index (χ1) is 17.4. The van der Waals surface area contributed by atoms with Gasteiger partial charge >= 0.3 is 6.09 Å². The zero-order valence-electron chi connectivity index (χ0n) is 20.3. The summed E-state index contributed by atoms with van der Waals surface area (Å²) in [5, 5.41) is 22.8. The van der Waals surface area contributed by atoms with Crippen LogP contribution >= 0.6 is 0 Å². The molecular weight excluding hydrogens is 456 g/mol. The number of hydrogen-bond donors (Lipinski definition) is 2. The first-order valence-electron chi connectivity index (χ1n) is 12.2. The van der Waals surface area contributed by atoms with Gasteiger partial charge in [-0.05, 0) is 42.5 Å². The molecule has 1 heterocycles. The van der Waals surface area contributed by atoms with Crippen LogP contribution in [0, 0.1) is 10.1 Å². The van der Waals surface area contributed by atoms with E-state index < -0.39 is 6.09 Å². The molecule has 0 aliphatic carbocycles. The molecule has 1 fully saturated rings. The van der Waals surface area contributed by atoms with E-state index in [0.29, 0.717) is 13.0 Å². The maximum absolute atomic E-state index is 11.3. The van der Waals surface area contributed by atoms with Crippen LogP contribution in [0.3, 0.4) is 0 Å². The quantitative estimate of drug-likeness (QED) is 0.320. The first kappa shape index (κ1) is 25.2. The molecule has 3 aromatic carbocycles. The van der Waals surface area contributed by atoms with Gasteiger partial charge in [-0.2, -0.15) is 0 Å². The summed E-state index contributed by atoms with van der Waals surface area (Å²) in [4.78, 5) is 26.7. The van der Waals surface area contributed by atoms with E-state index in [0.717, 1.165) is 44.7 Å². The molecule has 8 nitrogen and oxygen atoms in total. The molecule has 1 aliphatic heterocycles. The van der Waals surface area contributed by atoms with Crippen molar-refractivity contribution in [1.82, 2.24) is 10.2 Å². The van der Waals surface area contributed by atoms with Crippen molar-refractivity contribution in [3.63, 3.8) is 0 Å². The van der Waals surface area contributed by atoms with E-state index in [4.69, 9.17) is 0 Å². The number of carboxylic acid groups (broad SMARTS) is 1. The average Bonchev–Trinajstić information content (AvgIpc) is 2.90. The zero-order valence-corrected chi connectivity index (χ0v) is 20.3. The maximum Gasteiger partial charge on any atom is 0.404 e. The average molecular weight is 489 g/mol. The largest absolute Gasteiger partial charge is 0.465 e. The van der Waals surface area contributed by atoms with Crippen molar-refractivity contribution in [1.29, 1.82) is 0 Å². The van der Waals surface area contributed by atoms with Crippen molar-refractivity contribution < 1.29 is 14.8 Å². The van der Waals surface area contributed by atoms with E-state index in [1.54, 1.807) is 12.1 Å². The Kier molecular flexibility index (Phi) is 8.17. The second-order valence-electron chi connectivity index (χ2n) is 9.28. The highest BCUT2D eigenvalue weighted by atomic mass is 16.6. The van der Waals surface area contributed by atoms with Crippen LogP contribution in [0.5, 0.6) is 0 Å². The number of carbonyl (C=O) groups is 1. The van der Waals surface area contributed by atoms with Crippen LogP contribution in [0.2, 0.25) is 0 Å².